The Labute approximate surface area is 108 Å². The molecule has 0 fully saturated rings. The molecule has 3 heteroatoms. The summed E-state index contributed by atoms with van der Waals surface area (Å²) in [4.78, 5) is 0. The van der Waals surface area contributed by atoms with E-state index in [1.807, 2.05) is 31.2 Å². The second kappa shape index (κ2) is 3.98. The Morgan fingerprint density at radius 1 is 0.737 bits per heavy atom. The van der Waals surface area contributed by atoms with Gasteiger partial charge < -0.3 is 0 Å². The highest BCUT2D eigenvalue weighted by Crippen LogP contribution is 2.33. The first kappa shape index (κ1) is 12.0. The molecule has 0 heterocycles. The van der Waals surface area contributed by atoms with Crippen molar-refractivity contribution in [1.82, 2.24) is 0 Å². The summed E-state index contributed by atoms with van der Waals surface area (Å²) in [6.45, 7) is 2.00. The predicted molar refractivity (Wildman–Crippen MR) is 71.2 cm³/mol. The van der Waals surface area contributed by atoms with E-state index in [-0.39, 0.29) is 0 Å². The summed E-state index contributed by atoms with van der Waals surface area (Å²) >= 11 is 0. The molecule has 0 atom stereocenters. The Morgan fingerprint density at radius 2 is 1.32 bits per heavy atom. The van der Waals surface area contributed by atoms with Gasteiger partial charge in [0, 0.05) is 0 Å². The molecular formula is C16H11F3. The Balaban J connectivity index is 2.33. The molecule has 0 bridgehead atoms. The maximum atomic E-state index is 12.7. The maximum Gasteiger partial charge on any atom is 0.416 e. The number of aryl methyl sites for hydroxylation is 1. The molecule has 0 nitrogen and oxygen atoms in total. The summed E-state index contributed by atoms with van der Waals surface area (Å²) in [6, 6.07) is 13.5. The Kier molecular flexibility index (Phi) is 2.52. The molecule has 0 radical (unpaired) electrons. The van der Waals surface area contributed by atoms with E-state index in [9.17, 15) is 13.2 Å². The zero-order valence-electron chi connectivity index (χ0n) is 10.3. The van der Waals surface area contributed by atoms with Crippen LogP contribution in [-0.2, 0) is 6.18 Å². The second-order valence-corrected chi connectivity index (χ2v) is 4.72. The zero-order valence-corrected chi connectivity index (χ0v) is 10.3. The number of halogens is 3. The Hall–Kier alpha value is -2.03. The fourth-order valence-electron chi connectivity index (χ4n) is 2.37. The molecule has 0 saturated carbocycles. The normalized spacial score (nSPS) is 12.2. The van der Waals surface area contributed by atoms with Crippen LogP contribution in [0.15, 0.2) is 48.5 Å². The molecule has 0 spiro atoms. The third kappa shape index (κ3) is 2.05. The number of hydrogen-bond donors (Lipinski definition) is 0. The lowest BCUT2D eigenvalue weighted by Crippen LogP contribution is -2.04. The van der Waals surface area contributed by atoms with Gasteiger partial charge in [0.25, 0.3) is 0 Å². The molecule has 96 valence electrons. The van der Waals surface area contributed by atoms with Crippen LogP contribution in [0.3, 0.4) is 0 Å². The molecule has 0 N–H and O–H groups in total. The van der Waals surface area contributed by atoms with Crippen molar-refractivity contribution in [2.24, 2.45) is 0 Å². The van der Waals surface area contributed by atoms with Crippen LogP contribution < -0.4 is 0 Å². The van der Waals surface area contributed by atoms with Crippen LogP contribution >= 0.6 is 0 Å². The third-order valence-electron chi connectivity index (χ3n) is 3.32. The molecule has 3 aromatic rings. The molecule has 0 aliphatic carbocycles. The topological polar surface area (TPSA) is 0 Å². The summed E-state index contributed by atoms with van der Waals surface area (Å²) in [7, 11) is 0. The minimum absolute atomic E-state index is 0.605. The molecule has 3 aromatic carbocycles. The van der Waals surface area contributed by atoms with Gasteiger partial charge in [-0.1, -0.05) is 42.0 Å². The van der Waals surface area contributed by atoms with Crippen molar-refractivity contribution in [2.75, 3.05) is 0 Å². The van der Waals surface area contributed by atoms with Gasteiger partial charge in [-0.15, -0.1) is 0 Å². The van der Waals surface area contributed by atoms with Crippen LogP contribution in [0.4, 0.5) is 13.2 Å². The van der Waals surface area contributed by atoms with Crippen LogP contribution in [0.2, 0.25) is 0 Å². The zero-order chi connectivity index (χ0) is 13.6. The van der Waals surface area contributed by atoms with Gasteiger partial charge in [0.05, 0.1) is 5.56 Å². The molecule has 0 aromatic heterocycles. The lowest BCUT2D eigenvalue weighted by atomic mass is 9.99. The fourth-order valence-corrected chi connectivity index (χ4v) is 2.37. The lowest BCUT2D eigenvalue weighted by Gasteiger charge is -2.09. The molecule has 0 amide bonds. The monoisotopic (exact) mass is 260 g/mol. The number of fused-ring (bicyclic) bond motifs is 3. The van der Waals surface area contributed by atoms with Crippen molar-refractivity contribution in [1.29, 1.82) is 0 Å². The SMILES string of the molecule is Cc1ccc2c(ccc3cc(C(F)(F)F)ccc32)c1. The lowest BCUT2D eigenvalue weighted by molar-refractivity contribution is -0.137. The van der Waals surface area contributed by atoms with Crippen molar-refractivity contribution in [3.8, 4) is 0 Å². The van der Waals surface area contributed by atoms with E-state index in [2.05, 4.69) is 0 Å². The van der Waals surface area contributed by atoms with Gasteiger partial charge in [-0.3, -0.25) is 0 Å². The van der Waals surface area contributed by atoms with Crippen LogP contribution in [0.1, 0.15) is 11.1 Å². The van der Waals surface area contributed by atoms with Crippen LogP contribution in [0, 0.1) is 6.92 Å². The minimum Gasteiger partial charge on any atom is -0.166 e. The van der Waals surface area contributed by atoms with E-state index in [1.165, 1.54) is 6.07 Å². The molecular weight excluding hydrogens is 249 g/mol. The Morgan fingerprint density at radius 3 is 1.95 bits per heavy atom. The van der Waals surface area contributed by atoms with Gasteiger partial charge in [0.1, 0.15) is 0 Å². The quantitative estimate of drug-likeness (QED) is 0.480. The van der Waals surface area contributed by atoms with Crippen LogP contribution in [0.5, 0.6) is 0 Å². The first-order chi connectivity index (χ1) is 8.95. The average Bonchev–Trinajstić information content (AvgIpc) is 2.36. The highest BCUT2D eigenvalue weighted by atomic mass is 19.4. The number of alkyl halides is 3. The summed E-state index contributed by atoms with van der Waals surface area (Å²) in [5.74, 6) is 0. The minimum atomic E-state index is -4.30. The van der Waals surface area contributed by atoms with E-state index in [0.717, 1.165) is 27.8 Å². The van der Waals surface area contributed by atoms with E-state index < -0.39 is 11.7 Å². The second-order valence-electron chi connectivity index (χ2n) is 4.72. The fraction of sp³-hybridized carbons (Fsp3) is 0.125. The van der Waals surface area contributed by atoms with E-state index in [0.29, 0.717) is 5.39 Å². The van der Waals surface area contributed by atoms with Crippen molar-refractivity contribution >= 4 is 21.5 Å². The maximum absolute atomic E-state index is 12.7. The van der Waals surface area contributed by atoms with Gasteiger partial charge in [-0.25, -0.2) is 0 Å². The van der Waals surface area contributed by atoms with E-state index >= 15 is 0 Å². The van der Waals surface area contributed by atoms with E-state index in [1.54, 1.807) is 12.1 Å². The van der Waals surface area contributed by atoms with Crippen LogP contribution in [0.25, 0.3) is 21.5 Å². The van der Waals surface area contributed by atoms with Crippen molar-refractivity contribution in [3.63, 3.8) is 0 Å². The number of benzene rings is 3. The van der Waals surface area contributed by atoms with Crippen molar-refractivity contribution in [2.45, 2.75) is 13.1 Å². The summed E-state index contributed by atoms with van der Waals surface area (Å²) in [5.41, 5.74) is 0.533. The number of hydrogen-bond acceptors (Lipinski definition) is 0. The van der Waals surface area contributed by atoms with E-state index in [4.69, 9.17) is 0 Å². The first-order valence-corrected chi connectivity index (χ1v) is 5.95. The van der Waals surface area contributed by atoms with Crippen molar-refractivity contribution in [3.05, 3.63) is 59.7 Å². The largest absolute Gasteiger partial charge is 0.416 e. The van der Waals surface area contributed by atoms with Crippen LogP contribution in [-0.4, -0.2) is 0 Å². The molecule has 0 saturated heterocycles. The summed E-state index contributed by atoms with van der Waals surface area (Å²) in [5, 5.41) is 3.50. The molecule has 0 aliphatic rings. The smallest absolute Gasteiger partial charge is 0.166 e. The predicted octanol–water partition coefficient (Wildman–Crippen LogP) is 5.32. The highest BCUT2D eigenvalue weighted by molar-refractivity contribution is 6.07. The Bertz CT molecular complexity index is 770. The molecule has 0 aliphatic heterocycles. The van der Waals surface area contributed by atoms with Gasteiger partial charge in [0.15, 0.2) is 0 Å². The molecule has 3 rings (SSSR count). The average molecular weight is 260 g/mol. The van der Waals surface area contributed by atoms with Gasteiger partial charge in [-0.05, 0) is 40.6 Å². The van der Waals surface area contributed by atoms with Gasteiger partial charge in [-0.2, -0.15) is 13.2 Å². The highest BCUT2D eigenvalue weighted by Gasteiger charge is 2.30. The van der Waals surface area contributed by atoms with Gasteiger partial charge in [0.2, 0.25) is 0 Å². The summed E-state index contributed by atoms with van der Waals surface area (Å²) < 4.78 is 38.0. The third-order valence-corrected chi connectivity index (χ3v) is 3.32. The molecule has 0 unspecified atom stereocenters. The summed E-state index contributed by atoms with van der Waals surface area (Å²) in [6.07, 6.45) is -4.30. The molecule has 19 heavy (non-hydrogen) atoms. The standard InChI is InChI=1S/C16H11F3/c1-10-2-6-14-11(8-10)3-4-12-9-13(16(17,18)19)5-7-15(12)14/h2-9H,1H3. The van der Waals surface area contributed by atoms with Gasteiger partial charge >= 0.3 is 6.18 Å². The number of rotatable bonds is 0. The first-order valence-electron chi connectivity index (χ1n) is 5.95. The van der Waals surface area contributed by atoms with Crippen molar-refractivity contribution < 1.29 is 13.2 Å².